The number of benzene rings is 1. The van der Waals surface area contributed by atoms with E-state index in [0.29, 0.717) is 18.8 Å². The third-order valence-corrected chi connectivity index (χ3v) is 5.21. The van der Waals surface area contributed by atoms with Crippen LogP contribution in [0, 0.1) is 19.8 Å². The zero-order valence-corrected chi connectivity index (χ0v) is 15.7. The van der Waals surface area contributed by atoms with Crippen LogP contribution < -0.4 is 5.32 Å². The molecule has 3 aromatic rings. The lowest BCUT2D eigenvalue weighted by atomic mass is 9.98. The number of thiazole rings is 1. The molecule has 0 unspecified atom stereocenters. The largest absolute Gasteiger partial charge is 0.361 e. The van der Waals surface area contributed by atoms with Crippen molar-refractivity contribution in [3.8, 4) is 11.3 Å². The molecule has 1 aliphatic rings. The summed E-state index contributed by atoms with van der Waals surface area (Å²) in [5, 5.41) is 9.65. The van der Waals surface area contributed by atoms with Crippen molar-refractivity contribution in [2.45, 2.75) is 13.8 Å². The van der Waals surface area contributed by atoms with Crippen molar-refractivity contribution in [2.75, 3.05) is 18.4 Å². The predicted molar refractivity (Wildman–Crippen MR) is 102 cm³/mol. The molecule has 0 radical (unpaired) electrons. The minimum Gasteiger partial charge on any atom is -0.361 e. The second kappa shape index (κ2) is 6.96. The Kier molecular flexibility index (Phi) is 4.49. The Morgan fingerprint density at radius 3 is 2.74 bits per heavy atom. The Balaban J connectivity index is 1.36. The summed E-state index contributed by atoms with van der Waals surface area (Å²) >= 11 is 1.59. The number of nitrogens with one attached hydrogen (secondary N) is 1. The van der Waals surface area contributed by atoms with Crippen LogP contribution >= 0.6 is 11.3 Å². The van der Waals surface area contributed by atoms with Gasteiger partial charge in [-0.25, -0.2) is 4.98 Å². The first-order valence-electron chi connectivity index (χ1n) is 8.55. The van der Waals surface area contributed by atoms with Crippen LogP contribution in [0.2, 0.25) is 0 Å². The zero-order chi connectivity index (χ0) is 19.0. The average Bonchev–Trinajstić information content (AvgIpc) is 3.22. The summed E-state index contributed by atoms with van der Waals surface area (Å²) in [5.74, 6) is 0.0502. The van der Waals surface area contributed by atoms with Gasteiger partial charge in [-0.05, 0) is 26.0 Å². The molecule has 4 rings (SSSR count). The summed E-state index contributed by atoms with van der Waals surface area (Å²) in [5.41, 5.74) is 2.86. The van der Waals surface area contributed by atoms with Crippen molar-refractivity contribution >= 4 is 28.8 Å². The van der Waals surface area contributed by atoms with Gasteiger partial charge in [0, 0.05) is 35.8 Å². The fourth-order valence-electron chi connectivity index (χ4n) is 2.94. The van der Waals surface area contributed by atoms with E-state index in [0.717, 1.165) is 22.0 Å². The van der Waals surface area contributed by atoms with Gasteiger partial charge >= 0.3 is 0 Å². The van der Waals surface area contributed by atoms with Crippen molar-refractivity contribution in [1.29, 1.82) is 0 Å². The van der Waals surface area contributed by atoms with Gasteiger partial charge in [0.2, 0.25) is 5.91 Å². The average molecular weight is 382 g/mol. The summed E-state index contributed by atoms with van der Waals surface area (Å²) in [6.07, 6.45) is 0. The Morgan fingerprint density at radius 1 is 1.26 bits per heavy atom. The van der Waals surface area contributed by atoms with Crippen LogP contribution in [-0.4, -0.2) is 39.9 Å². The van der Waals surface area contributed by atoms with E-state index in [1.165, 1.54) is 0 Å². The monoisotopic (exact) mass is 382 g/mol. The molecule has 2 aromatic heterocycles. The van der Waals surface area contributed by atoms with Crippen LogP contribution in [0.4, 0.5) is 5.69 Å². The number of hydrogen-bond donors (Lipinski definition) is 1. The quantitative estimate of drug-likeness (QED) is 0.749. The normalized spacial score (nSPS) is 14.1. The molecular formula is C19H18N4O3S. The van der Waals surface area contributed by atoms with Crippen molar-refractivity contribution in [2.24, 2.45) is 5.92 Å². The van der Waals surface area contributed by atoms with E-state index in [1.54, 1.807) is 29.2 Å². The first-order valence-corrected chi connectivity index (χ1v) is 9.43. The van der Waals surface area contributed by atoms with E-state index in [1.807, 2.05) is 36.6 Å². The Bertz CT molecular complexity index is 1000. The first kappa shape index (κ1) is 17.4. The van der Waals surface area contributed by atoms with E-state index in [-0.39, 0.29) is 23.4 Å². The summed E-state index contributed by atoms with van der Waals surface area (Å²) < 4.78 is 4.93. The standard InChI is InChI=1S/C19H18N4O3S/c1-11-6-16(22-26-11)19(25)23-8-14(9-23)18(24)21-15-5-3-4-13(7-15)17-10-27-12(2)20-17/h3-7,10,14H,8-9H2,1-2H3,(H,21,24). The number of carbonyl (C=O) groups is 2. The molecule has 0 spiro atoms. The van der Waals surface area contributed by atoms with Gasteiger partial charge in [0.15, 0.2) is 5.69 Å². The molecule has 1 saturated heterocycles. The van der Waals surface area contributed by atoms with Crippen molar-refractivity contribution in [1.82, 2.24) is 15.0 Å². The SMILES string of the molecule is Cc1cc(C(=O)N2CC(C(=O)Nc3cccc(-c4csc(C)n4)c3)C2)no1. The lowest BCUT2D eigenvalue weighted by Crippen LogP contribution is -2.54. The number of amides is 2. The molecule has 1 N–H and O–H groups in total. The lowest BCUT2D eigenvalue weighted by molar-refractivity contribution is -0.123. The molecule has 0 saturated carbocycles. The maximum Gasteiger partial charge on any atom is 0.276 e. The van der Waals surface area contributed by atoms with Crippen LogP contribution in [0.5, 0.6) is 0 Å². The predicted octanol–water partition coefficient (Wildman–Crippen LogP) is 3.13. The lowest BCUT2D eigenvalue weighted by Gasteiger charge is -2.37. The first-order chi connectivity index (χ1) is 13.0. The number of anilines is 1. The van der Waals surface area contributed by atoms with E-state index in [2.05, 4.69) is 15.5 Å². The van der Waals surface area contributed by atoms with Crippen LogP contribution in [0.25, 0.3) is 11.3 Å². The second-order valence-corrected chi connectivity index (χ2v) is 7.61. The van der Waals surface area contributed by atoms with Gasteiger partial charge in [0.1, 0.15) is 5.76 Å². The highest BCUT2D eigenvalue weighted by molar-refractivity contribution is 7.09. The molecule has 0 atom stereocenters. The molecule has 138 valence electrons. The van der Waals surface area contributed by atoms with Gasteiger partial charge in [-0.3, -0.25) is 9.59 Å². The smallest absolute Gasteiger partial charge is 0.276 e. The fraction of sp³-hybridized carbons (Fsp3) is 0.263. The maximum atomic E-state index is 12.5. The second-order valence-electron chi connectivity index (χ2n) is 6.55. The minimum absolute atomic E-state index is 0.0954. The van der Waals surface area contributed by atoms with E-state index in [4.69, 9.17) is 4.52 Å². The topological polar surface area (TPSA) is 88.3 Å². The number of aryl methyl sites for hydroxylation is 2. The Morgan fingerprint density at radius 2 is 2.07 bits per heavy atom. The number of nitrogens with zero attached hydrogens (tertiary/aromatic N) is 3. The summed E-state index contributed by atoms with van der Waals surface area (Å²) in [6.45, 7) is 4.45. The van der Waals surface area contributed by atoms with E-state index in [9.17, 15) is 9.59 Å². The molecule has 8 heteroatoms. The van der Waals surface area contributed by atoms with Crippen LogP contribution in [-0.2, 0) is 4.79 Å². The number of carbonyl (C=O) groups excluding carboxylic acids is 2. The van der Waals surface area contributed by atoms with E-state index < -0.39 is 0 Å². The third kappa shape index (κ3) is 3.61. The maximum absolute atomic E-state index is 12.5. The highest BCUT2D eigenvalue weighted by Gasteiger charge is 2.37. The number of hydrogen-bond acceptors (Lipinski definition) is 6. The molecule has 3 heterocycles. The van der Waals surface area contributed by atoms with Crippen molar-refractivity contribution < 1.29 is 14.1 Å². The summed E-state index contributed by atoms with van der Waals surface area (Å²) in [6, 6.07) is 9.21. The molecule has 7 nitrogen and oxygen atoms in total. The Labute approximate surface area is 160 Å². The molecule has 1 aromatic carbocycles. The molecule has 1 fully saturated rings. The van der Waals surface area contributed by atoms with Crippen molar-refractivity contribution in [3.63, 3.8) is 0 Å². The van der Waals surface area contributed by atoms with Crippen molar-refractivity contribution in [3.05, 3.63) is 52.2 Å². The van der Waals surface area contributed by atoms with Crippen LogP contribution in [0.1, 0.15) is 21.3 Å². The van der Waals surface area contributed by atoms with Gasteiger partial charge in [0.05, 0.1) is 16.6 Å². The van der Waals surface area contributed by atoms with Gasteiger partial charge in [-0.15, -0.1) is 11.3 Å². The van der Waals surface area contributed by atoms with Gasteiger partial charge < -0.3 is 14.7 Å². The summed E-state index contributed by atoms with van der Waals surface area (Å²) in [7, 11) is 0. The molecule has 1 aliphatic heterocycles. The Hall–Kier alpha value is -3.00. The summed E-state index contributed by atoms with van der Waals surface area (Å²) in [4.78, 5) is 30.8. The molecule has 2 amide bonds. The minimum atomic E-state index is -0.230. The van der Waals surface area contributed by atoms with Gasteiger partial charge in [0.25, 0.3) is 5.91 Å². The molecule has 0 aliphatic carbocycles. The molecule has 0 bridgehead atoms. The number of likely N-dealkylation sites (tertiary alicyclic amines) is 1. The van der Waals surface area contributed by atoms with Gasteiger partial charge in [-0.2, -0.15) is 0 Å². The molecule has 27 heavy (non-hydrogen) atoms. The van der Waals surface area contributed by atoms with Gasteiger partial charge in [-0.1, -0.05) is 17.3 Å². The highest BCUT2D eigenvalue weighted by atomic mass is 32.1. The molecular weight excluding hydrogens is 364 g/mol. The van der Waals surface area contributed by atoms with Crippen LogP contribution in [0.15, 0.2) is 40.2 Å². The number of rotatable bonds is 4. The zero-order valence-electron chi connectivity index (χ0n) is 14.9. The van der Waals surface area contributed by atoms with E-state index >= 15 is 0 Å². The highest BCUT2D eigenvalue weighted by Crippen LogP contribution is 2.25. The van der Waals surface area contributed by atoms with Crippen LogP contribution in [0.3, 0.4) is 0 Å². The number of aromatic nitrogens is 2. The third-order valence-electron chi connectivity index (χ3n) is 4.43. The fourth-order valence-corrected chi connectivity index (χ4v) is 3.56.